The van der Waals surface area contributed by atoms with E-state index in [0.717, 1.165) is 24.1 Å². The van der Waals surface area contributed by atoms with Crippen LogP contribution in [0, 0.1) is 17.3 Å². The van der Waals surface area contributed by atoms with Gasteiger partial charge in [-0.05, 0) is 102 Å². The fourth-order valence-electron chi connectivity index (χ4n) is 6.19. The van der Waals surface area contributed by atoms with E-state index in [0.29, 0.717) is 5.92 Å². The molecule has 4 aromatic rings. The number of nitrogens with zero attached hydrogens (tertiary/aromatic N) is 1. The van der Waals surface area contributed by atoms with Crippen LogP contribution in [0.4, 0.5) is 5.69 Å². The number of benzene rings is 4. The van der Waals surface area contributed by atoms with Crippen molar-refractivity contribution in [1.29, 1.82) is 0 Å². The van der Waals surface area contributed by atoms with Gasteiger partial charge in [0.15, 0.2) is 0 Å². The van der Waals surface area contributed by atoms with Crippen LogP contribution in [0.5, 0.6) is 0 Å². The summed E-state index contributed by atoms with van der Waals surface area (Å²) in [7, 11) is 0. The molecule has 0 aromatic heterocycles. The molecule has 0 saturated carbocycles. The van der Waals surface area contributed by atoms with E-state index in [9.17, 15) is 0 Å². The molecule has 1 unspecified atom stereocenters. The second-order valence-corrected chi connectivity index (χ2v) is 13.4. The van der Waals surface area contributed by atoms with E-state index in [2.05, 4.69) is 155 Å². The summed E-state index contributed by atoms with van der Waals surface area (Å²) in [5.41, 5.74) is 12.8. The Morgan fingerprint density at radius 3 is 2.12 bits per heavy atom. The smallest absolute Gasteiger partial charge is 0.0447 e. The third-order valence-corrected chi connectivity index (χ3v) is 8.53. The summed E-state index contributed by atoms with van der Waals surface area (Å²) in [5, 5.41) is 0. The van der Waals surface area contributed by atoms with Crippen LogP contribution in [0.1, 0.15) is 86.4 Å². The number of hydrogen-bond donors (Lipinski definition) is 0. The Kier molecular flexibility index (Phi) is 6.47. The molecule has 200 valence electrons. The molecule has 0 bridgehead atoms. The molecular weight excluding hydrogens is 482 g/mol. The van der Waals surface area contributed by atoms with Gasteiger partial charge in [-0.1, -0.05) is 105 Å². The zero-order chi connectivity index (χ0) is 28.1. The third-order valence-electron chi connectivity index (χ3n) is 8.53. The van der Waals surface area contributed by atoms with Gasteiger partial charge in [0, 0.05) is 28.9 Å². The molecule has 1 heterocycles. The van der Waals surface area contributed by atoms with E-state index >= 15 is 0 Å². The zero-order valence-electron chi connectivity index (χ0n) is 24.7. The average Bonchev–Trinajstić information content (AvgIpc) is 2.89. The Hall–Kier alpha value is -4.02. The van der Waals surface area contributed by atoms with E-state index < -0.39 is 0 Å². The fourth-order valence-corrected chi connectivity index (χ4v) is 6.19. The summed E-state index contributed by atoms with van der Waals surface area (Å²) >= 11 is 0. The minimum Gasteiger partial charge on any atom is -0.362 e. The lowest BCUT2D eigenvalue weighted by Gasteiger charge is -2.40. The average molecular weight is 522 g/mol. The first-order chi connectivity index (χ1) is 19.1. The van der Waals surface area contributed by atoms with Gasteiger partial charge < -0.3 is 4.90 Å². The zero-order valence-corrected chi connectivity index (χ0v) is 24.7. The van der Waals surface area contributed by atoms with Gasteiger partial charge in [-0.2, -0.15) is 0 Å². The molecule has 0 fully saturated rings. The van der Waals surface area contributed by atoms with E-state index in [1.165, 1.54) is 44.6 Å². The summed E-state index contributed by atoms with van der Waals surface area (Å²) in [6.45, 7) is 14.8. The highest BCUT2D eigenvalue weighted by molar-refractivity contribution is 5.83. The Balaban J connectivity index is 1.44. The van der Waals surface area contributed by atoms with Crippen LogP contribution >= 0.6 is 0 Å². The van der Waals surface area contributed by atoms with Gasteiger partial charge in [0.05, 0.1) is 0 Å². The van der Waals surface area contributed by atoms with Crippen LogP contribution in [0.2, 0.25) is 0 Å². The van der Waals surface area contributed by atoms with Crippen molar-refractivity contribution in [3.63, 3.8) is 0 Å². The van der Waals surface area contributed by atoms with Crippen LogP contribution in [0.3, 0.4) is 0 Å². The van der Waals surface area contributed by atoms with Gasteiger partial charge in [0.2, 0.25) is 0 Å². The summed E-state index contributed by atoms with van der Waals surface area (Å²) in [5.74, 6) is 7.49. The predicted molar refractivity (Wildman–Crippen MR) is 172 cm³/mol. The standard InChI is InChI=1S/C39H39N/c1-38(2,3)36-25-32-19-18-29(23-30(32)17-16-28-12-9-10-14-35(28)36)31-21-22-37-33(24-31)20-15-27-11-7-8-13-34(27)26-40(37)39(4,5)6/h7-15,18-24,36H,25-26H2,1-6H3/b20-15-. The molecule has 0 spiro atoms. The molecule has 1 atom stereocenters. The van der Waals surface area contributed by atoms with Crippen molar-refractivity contribution in [1.82, 2.24) is 0 Å². The lowest BCUT2D eigenvalue weighted by Crippen LogP contribution is -2.41. The quantitative estimate of drug-likeness (QED) is 0.225. The Bertz CT molecular complexity index is 1680. The van der Waals surface area contributed by atoms with Crippen LogP contribution < -0.4 is 4.90 Å². The minimum absolute atomic E-state index is 0.00733. The van der Waals surface area contributed by atoms with E-state index in [4.69, 9.17) is 0 Å². The first kappa shape index (κ1) is 26.2. The molecule has 4 aromatic carbocycles. The van der Waals surface area contributed by atoms with Crippen LogP contribution in [0.25, 0.3) is 23.3 Å². The van der Waals surface area contributed by atoms with Crippen LogP contribution in [0.15, 0.2) is 84.9 Å². The third kappa shape index (κ3) is 5.00. The topological polar surface area (TPSA) is 3.24 Å². The highest BCUT2D eigenvalue weighted by Crippen LogP contribution is 2.41. The summed E-state index contributed by atoms with van der Waals surface area (Å²) in [6.07, 6.45) is 5.56. The summed E-state index contributed by atoms with van der Waals surface area (Å²) in [4.78, 5) is 2.53. The molecular formula is C39H39N. The van der Waals surface area contributed by atoms with Gasteiger partial charge in [-0.3, -0.25) is 0 Å². The largest absolute Gasteiger partial charge is 0.362 e. The van der Waals surface area contributed by atoms with Gasteiger partial charge in [-0.25, -0.2) is 0 Å². The van der Waals surface area contributed by atoms with Crippen LogP contribution in [-0.4, -0.2) is 5.54 Å². The van der Waals surface area contributed by atoms with Crippen molar-refractivity contribution in [2.24, 2.45) is 5.41 Å². The maximum atomic E-state index is 3.55. The van der Waals surface area contributed by atoms with Crippen molar-refractivity contribution in [2.45, 2.75) is 66.0 Å². The molecule has 1 nitrogen and oxygen atoms in total. The molecule has 1 aliphatic carbocycles. The van der Waals surface area contributed by atoms with Crippen molar-refractivity contribution in [2.75, 3.05) is 4.90 Å². The maximum Gasteiger partial charge on any atom is 0.0447 e. The van der Waals surface area contributed by atoms with E-state index in [1.54, 1.807) is 0 Å². The molecule has 0 N–H and O–H groups in total. The van der Waals surface area contributed by atoms with Crippen LogP contribution in [-0.2, 0) is 13.0 Å². The molecule has 1 aliphatic heterocycles. The molecule has 6 rings (SSSR count). The lowest BCUT2D eigenvalue weighted by atomic mass is 9.71. The molecule has 0 saturated heterocycles. The number of rotatable bonds is 1. The number of fused-ring (bicyclic) bond motifs is 4. The van der Waals surface area contributed by atoms with Gasteiger partial charge in [0.25, 0.3) is 0 Å². The lowest BCUT2D eigenvalue weighted by molar-refractivity contribution is 0.317. The summed E-state index contributed by atoms with van der Waals surface area (Å²) in [6, 6.07) is 31.3. The number of anilines is 1. The predicted octanol–water partition coefficient (Wildman–Crippen LogP) is 9.73. The van der Waals surface area contributed by atoms with Gasteiger partial charge in [-0.15, -0.1) is 0 Å². The second-order valence-electron chi connectivity index (χ2n) is 13.4. The molecule has 1 heteroatoms. The first-order valence-electron chi connectivity index (χ1n) is 14.5. The Labute approximate surface area is 240 Å². The maximum absolute atomic E-state index is 3.55. The van der Waals surface area contributed by atoms with Gasteiger partial charge in [0.1, 0.15) is 0 Å². The SMILES string of the molecule is CC(C)(C)C1Cc2ccc(-c3ccc4c(c3)/C=C\c3ccccc3CN4C(C)(C)C)cc2C#Cc2ccccc21. The normalized spacial score (nSPS) is 16.9. The molecule has 0 amide bonds. The molecule has 2 aliphatic rings. The fraction of sp³-hybridized carbons (Fsp3) is 0.282. The highest BCUT2D eigenvalue weighted by Gasteiger charge is 2.30. The van der Waals surface area contributed by atoms with Crippen molar-refractivity contribution in [3.05, 3.63) is 124 Å². The molecule has 0 radical (unpaired) electrons. The highest BCUT2D eigenvalue weighted by atomic mass is 15.2. The second kappa shape index (κ2) is 9.87. The molecule has 40 heavy (non-hydrogen) atoms. The van der Waals surface area contributed by atoms with Crippen molar-refractivity contribution < 1.29 is 0 Å². The summed E-state index contributed by atoms with van der Waals surface area (Å²) < 4.78 is 0. The Morgan fingerprint density at radius 1 is 0.650 bits per heavy atom. The minimum atomic E-state index is -0.00733. The van der Waals surface area contributed by atoms with Crippen molar-refractivity contribution >= 4 is 17.8 Å². The van der Waals surface area contributed by atoms with E-state index in [-0.39, 0.29) is 11.0 Å². The Morgan fingerprint density at radius 2 is 1.32 bits per heavy atom. The monoisotopic (exact) mass is 521 g/mol. The first-order valence-corrected chi connectivity index (χ1v) is 14.5. The number of hydrogen-bond acceptors (Lipinski definition) is 1. The van der Waals surface area contributed by atoms with Crippen molar-refractivity contribution in [3.8, 4) is 23.0 Å². The van der Waals surface area contributed by atoms with Gasteiger partial charge >= 0.3 is 0 Å². The van der Waals surface area contributed by atoms with E-state index in [1.807, 2.05) is 0 Å².